The van der Waals surface area contributed by atoms with Crippen LogP contribution in [0.15, 0.2) is 0 Å². The van der Waals surface area contributed by atoms with Crippen LogP contribution in [0.1, 0.15) is 52.9 Å². The predicted octanol–water partition coefficient (Wildman–Crippen LogP) is 3.65. The molecule has 2 unspecified atom stereocenters. The van der Waals surface area contributed by atoms with Crippen molar-refractivity contribution in [3.05, 3.63) is 0 Å². The third-order valence-corrected chi connectivity index (χ3v) is 2.64. The van der Waals surface area contributed by atoms with Crippen LogP contribution in [0, 0.1) is 34.0 Å². The van der Waals surface area contributed by atoms with E-state index in [-0.39, 0.29) is 5.41 Å². The largest absolute Gasteiger partial charge is 0.198 e. The molecule has 0 aliphatic heterocycles. The molecule has 0 spiro atoms. The molecule has 0 amide bonds. The summed E-state index contributed by atoms with van der Waals surface area (Å²) in [5.41, 5.74) is -0.301. The fraction of sp³-hybridized carbons (Fsp3) is 0.833. The Morgan fingerprint density at radius 2 is 2.00 bits per heavy atom. The molecule has 0 saturated heterocycles. The van der Waals surface area contributed by atoms with Crippen molar-refractivity contribution in [2.75, 3.05) is 0 Å². The van der Waals surface area contributed by atoms with Crippen LogP contribution in [0.4, 0.5) is 0 Å². The van der Waals surface area contributed by atoms with Crippen molar-refractivity contribution >= 4 is 0 Å². The van der Waals surface area contributed by atoms with E-state index in [2.05, 4.69) is 26.0 Å². The summed E-state index contributed by atoms with van der Waals surface area (Å²) in [5.74, 6) is 0.586. The zero-order valence-electron chi connectivity index (χ0n) is 9.51. The fourth-order valence-corrected chi connectivity index (χ4v) is 1.90. The van der Waals surface area contributed by atoms with Crippen LogP contribution >= 0.6 is 0 Å². The summed E-state index contributed by atoms with van der Waals surface area (Å²) in [6, 6.07) is 4.46. The van der Waals surface area contributed by atoms with E-state index in [1.807, 2.05) is 6.92 Å². The van der Waals surface area contributed by atoms with Crippen molar-refractivity contribution in [2.24, 2.45) is 11.3 Å². The second-order valence-corrected chi connectivity index (χ2v) is 4.43. The second kappa shape index (κ2) is 6.44. The number of nitrogens with zero attached hydrogens (tertiary/aromatic N) is 2. The zero-order chi connectivity index (χ0) is 11.0. The quantitative estimate of drug-likeness (QED) is 0.645. The van der Waals surface area contributed by atoms with E-state index in [9.17, 15) is 0 Å². The molecule has 78 valence electrons. The molecule has 0 aromatic rings. The fourth-order valence-electron chi connectivity index (χ4n) is 1.90. The maximum Gasteiger partial charge on any atom is 0.0687 e. The number of hydrogen-bond donors (Lipinski definition) is 0. The van der Waals surface area contributed by atoms with Gasteiger partial charge >= 0.3 is 0 Å². The molecule has 0 aliphatic carbocycles. The lowest BCUT2D eigenvalue weighted by Gasteiger charge is -2.24. The molecular weight excluding hydrogens is 172 g/mol. The molecule has 0 aliphatic rings. The van der Waals surface area contributed by atoms with Crippen LogP contribution < -0.4 is 0 Å². The second-order valence-electron chi connectivity index (χ2n) is 4.43. The molecule has 0 N–H and O–H groups in total. The Morgan fingerprint density at radius 3 is 2.43 bits per heavy atom. The number of nitriles is 2. The third kappa shape index (κ3) is 4.87. The molecule has 0 radical (unpaired) electrons. The molecular formula is C12H20N2. The number of hydrogen-bond acceptors (Lipinski definition) is 2. The Labute approximate surface area is 87.5 Å². The van der Waals surface area contributed by atoms with Crippen LogP contribution in [0.3, 0.4) is 0 Å². The maximum absolute atomic E-state index is 9.07. The monoisotopic (exact) mass is 192 g/mol. The molecule has 0 bridgehead atoms. The average Bonchev–Trinajstić information content (AvgIpc) is 2.15. The van der Waals surface area contributed by atoms with Gasteiger partial charge in [0.25, 0.3) is 0 Å². The highest BCUT2D eigenvalue weighted by molar-refractivity contribution is 4.97. The van der Waals surface area contributed by atoms with Gasteiger partial charge in [0.05, 0.1) is 17.6 Å². The van der Waals surface area contributed by atoms with Crippen LogP contribution in [0.5, 0.6) is 0 Å². The summed E-state index contributed by atoms with van der Waals surface area (Å²) < 4.78 is 0. The van der Waals surface area contributed by atoms with Crippen LogP contribution in [0.2, 0.25) is 0 Å². The number of rotatable bonds is 6. The minimum Gasteiger partial charge on any atom is -0.198 e. The van der Waals surface area contributed by atoms with Gasteiger partial charge in [-0.05, 0) is 25.7 Å². The van der Waals surface area contributed by atoms with Crippen molar-refractivity contribution in [1.82, 2.24) is 0 Å². The van der Waals surface area contributed by atoms with E-state index >= 15 is 0 Å². The van der Waals surface area contributed by atoms with Gasteiger partial charge in [-0.15, -0.1) is 0 Å². The summed E-state index contributed by atoms with van der Waals surface area (Å²) >= 11 is 0. The van der Waals surface area contributed by atoms with Crippen LogP contribution in [0.25, 0.3) is 0 Å². The molecule has 0 rings (SSSR count). The topological polar surface area (TPSA) is 47.6 Å². The smallest absolute Gasteiger partial charge is 0.0687 e. The Morgan fingerprint density at radius 1 is 1.36 bits per heavy atom. The lowest BCUT2D eigenvalue weighted by atomic mass is 9.78. The van der Waals surface area contributed by atoms with Crippen molar-refractivity contribution in [3.8, 4) is 12.1 Å². The molecule has 2 nitrogen and oxygen atoms in total. The van der Waals surface area contributed by atoms with E-state index in [4.69, 9.17) is 10.5 Å². The zero-order valence-corrected chi connectivity index (χ0v) is 9.51. The molecule has 0 heterocycles. The summed E-state index contributed by atoms with van der Waals surface area (Å²) in [6.45, 7) is 6.32. The Hall–Kier alpha value is -1.02. The third-order valence-electron chi connectivity index (χ3n) is 2.64. The van der Waals surface area contributed by atoms with Crippen molar-refractivity contribution < 1.29 is 0 Å². The van der Waals surface area contributed by atoms with Crippen molar-refractivity contribution in [1.29, 1.82) is 10.5 Å². The Balaban J connectivity index is 4.13. The Kier molecular flexibility index (Phi) is 5.97. The van der Waals surface area contributed by atoms with Gasteiger partial charge in [-0.25, -0.2) is 0 Å². The SMILES string of the molecule is CCCC(C)CC(C)(C#N)CCC#N. The Bertz CT molecular complexity index is 234. The molecule has 0 saturated carbocycles. The molecule has 0 fully saturated rings. The van der Waals surface area contributed by atoms with Crippen LogP contribution in [-0.4, -0.2) is 0 Å². The summed E-state index contributed by atoms with van der Waals surface area (Å²) in [5, 5.41) is 17.6. The summed E-state index contributed by atoms with van der Waals surface area (Å²) in [6.07, 6.45) is 4.45. The van der Waals surface area contributed by atoms with E-state index in [0.717, 1.165) is 6.42 Å². The first kappa shape index (κ1) is 13.0. The van der Waals surface area contributed by atoms with Crippen molar-refractivity contribution in [2.45, 2.75) is 52.9 Å². The minimum atomic E-state index is -0.301. The molecule has 14 heavy (non-hydrogen) atoms. The highest BCUT2D eigenvalue weighted by atomic mass is 14.4. The van der Waals surface area contributed by atoms with Gasteiger partial charge < -0.3 is 0 Å². The predicted molar refractivity (Wildman–Crippen MR) is 57.3 cm³/mol. The van der Waals surface area contributed by atoms with Crippen LogP contribution in [-0.2, 0) is 0 Å². The maximum atomic E-state index is 9.07. The highest BCUT2D eigenvalue weighted by Crippen LogP contribution is 2.31. The molecule has 0 aromatic carbocycles. The van der Waals surface area contributed by atoms with Crippen molar-refractivity contribution in [3.63, 3.8) is 0 Å². The summed E-state index contributed by atoms with van der Waals surface area (Å²) in [4.78, 5) is 0. The molecule has 0 aromatic heterocycles. The lowest BCUT2D eigenvalue weighted by Crippen LogP contribution is -2.17. The van der Waals surface area contributed by atoms with Gasteiger partial charge in [0.15, 0.2) is 0 Å². The molecule has 2 atom stereocenters. The standard InChI is InChI=1S/C12H20N2/c1-4-6-11(2)9-12(3,10-14)7-5-8-13/h11H,4-7,9H2,1-3H3. The first-order chi connectivity index (χ1) is 6.58. The van der Waals surface area contributed by atoms with Gasteiger partial charge in [0.1, 0.15) is 0 Å². The molecule has 2 heteroatoms. The average molecular weight is 192 g/mol. The lowest BCUT2D eigenvalue weighted by molar-refractivity contribution is 0.300. The highest BCUT2D eigenvalue weighted by Gasteiger charge is 2.25. The van der Waals surface area contributed by atoms with E-state index in [0.29, 0.717) is 18.8 Å². The van der Waals surface area contributed by atoms with E-state index in [1.54, 1.807) is 0 Å². The van der Waals surface area contributed by atoms with Gasteiger partial charge in [0, 0.05) is 6.42 Å². The first-order valence-corrected chi connectivity index (χ1v) is 5.36. The van der Waals surface area contributed by atoms with Gasteiger partial charge in [0.2, 0.25) is 0 Å². The van der Waals surface area contributed by atoms with E-state index < -0.39 is 0 Å². The van der Waals surface area contributed by atoms with E-state index in [1.165, 1.54) is 12.8 Å². The van der Waals surface area contributed by atoms with Gasteiger partial charge in [-0.2, -0.15) is 10.5 Å². The first-order valence-electron chi connectivity index (χ1n) is 5.36. The normalized spacial score (nSPS) is 16.4. The van der Waals surface area contributed by atoms with Gasteiger partial charge in [-0.1, -0.05) is 26.7 Å². The minimum absolute atomic E-state index is 0.301. The summed E-state index contributed by atoms with van der Waals surface area (Å²) in [7, 11) is 0. The van der Waals surface area contributed by atoms with Gasteiger partial charge in [-0.3, -0.25) is 0 Å².